The lowest BCUT2D eigenvalue weighted by atomic mass is 9.99. The number of aromatic nitrogens is 3. The minimum atomic E-state index is -2.81. The molecule has 0 unspecified atom stereocenters. The van der Waals surface area contributed by atoms with Crippen LogP contribution in [0.5, 0.6) is 5.88 Å². The van der Waals surface area contributed by atoms with Gasteiger partial charge in [-0.15, -0.1) is 0 Å². The number of halogens is 3. The number of pyridine rings is 1. The number of nitrogens with two attached hydrogens (primary N) is 1. The van der Waals surface area contributed by atoms with E-state index in [1.165, 1.54) is 30.3 Å². The van der Waals surface area contributed by atoms with Crippen LogP contribution in [0.15, 0.2) is 36.4 Å². The molecule has 158 valence electrons. The molecule has 0 spiro atoms. The van der Waals surface area contributed by atoms with Crippen LogP contribution in [0.1, 0.15) is 17.8 Å². The van der Waals surface area contributed by atoms with Gasteiger partial charge in [0.25, 0.3) is 6.43 Å². The Hall–Kier alpha value is -3.24. The van der Waals surface area contributed by atoms with Crippen molar-refractivity contribution >= 4 is 5.95 Å². The van der Waals surface area contributed by atoms with Crippen molar-refractivity contribution in [3.05, 3.63) is 53.6 Å². The zero-order valence-electron chi connectivity index (χ0n) is 15.9. The van der Waals surface area contributed by atoms with Crippen molar-refractivity contribution in [2.75, 3.05) is 18.9 Å². The average Bonchev–Trinajstić information content (AvgIpc) is 2.71. The predicted octanol–water partition coefficient (Wildman–Crippen LogP) is 2.90. The van der Waals surface area contributed by atoms with Crippen molar-refractivity contribution in [1.29, 1.82) is 0 Å². The molecule has 3 aromatic rings. The third-order valence-electron chi connectivity index (χ3n) is 4.12. The number of benzene rings is 1. The van der Waals surface area contributed by atoms with Crippen LogP contribution in [0.4, 0.5) is 19.1 Å². The number of hydrogen-bond acceptors (Lipinski definition) is 7. The number of aryl methyl sites for hydroxylation is 1. The first-order valence-corrected chi connectivity index (χ1v) is 8.90. The molecule has 7 nitrogen and oxygen atoms in total. The third kappa shape index (κ3) is 4.84. The Kier molecular flexibility index (Phi) is 6.48. The summed E-state index contributed by atoms with van der Waals surface area (Å²) in [5.74, 6) is -0.726. The maximum atomic E-state index is 13.4. The number of nitrogen functional groups attached to an aromatic ring is 1. The minimum Gasteiger partial charge on any atom is -0.474 e. The van der Waals surface area contributed by atoms with Crippen LogP contribution in [0, 0.1) is 12.7 Å². The van der Waals surface area contributed by atoms with Gasteiger partial charge in [0.15, 0.2) is 0 Å². The topological polar surface area (TPSA) is 114 Å². The lowest BCUT2D eigenvalue weighted by molar-refractivity contribution is 0.0523. The van der Waals surface area contributed by atoms with Crippen molar-refractivity contribution in [3.63, 3.8) is 0 Å². The Balaban J connectivity index is 2.25. The van der Waals surface area contributed by atoms with E-state index in [4.69, 9.17) is 15.6 Å². The van der Waals surface area contributed by atoms with Gasteiger partial charge >= 0.3 is 0 Å². The van der Waals surface area contributed by atoms with E-state index in [1.807, 2.05) is 0 Å². The molecule has 3 rings (SSSR count). The highest BCUT2D eigenvalue weighted by atomic mass is 19.3. The molecule has 0 aliphatic rings. The second-order valence-corrected chi connectivity index (χ2v) is 6.49. The molecule has 0 bridgehead atoms. The van der Waals surface area contributed by atoms with Gasteiger partial charge in [-0.05, 0) is 48.9 Å². The van der Waals surface area contributed by atoms with Gasteiger partial charge in [0.1, 0.15) is 24.2 Å². The van der Waals surface area contributed by atoms with Crippen molar-refractivity contribution in [1.82, 2.24) is 15.0 Å². The Morgan fingerprint density at radius 3 is 2.40 bits per heavy atom. The number of hydrogen-bond donors (Lipinski definition) is 3. The molecule has 0 aliphatic heterocycles. The molecule has 0 fully saturated rings. The third-order valence-corrected chi connectivity index (χ3v) is 4.12. The van der Waals surface area contributed by atoms with E-state index < -0.39 is 30.6 Å². The molecule has 10 heteroatoms. The van der Waals surface area contributed by atoms with Crippen molar-refractivity contribution in [2.45, 2.75) is 19.5 Å². The highest BCUT2D eigenvalue weighted by molar-refractivity contribution is 5.85. The quantitative estimate of drug-likeness (QED) is 0.538. The van der Waals surface area contributed by atoms with Gasteiger partial charge in [-0.3, -0.25) is 4.98 Å². The van der Waals surface area contributed by atoms with E-state index in [9.17, 15) is 18.3 Å². The smallest absolute Gasteiger partial charge is 0.280 e. The van der Waals surface area contributed by atoms with E-state index in [-0.39, 0.29) is 35.3 Å². The first kappa shape index (κ1) is 21.5. The van der Waals surface area contributed by atoms with Crippen LogP contribution in [-0.4, -0.2) is 44.5 Å². The largest absolute Gasteiger partial charge is 0.474 e. The standard InChI is InChI=1S/C20H19F3N4O3/c1-10-6-12(7-15(25-10)18(22)23)16-17(11-2-4-13(21)5-3-11)26-20(24)27-19(16)30-9-14(29)8-28/h2-7,14,18,28-29H,8-9H2,1H3,(H2,24,26,27)/t14-/m1/s1. The minimum absolute atomic E-state index is 0.0832. The molecule has 0 aliphatic carbocycles. The van der Waals surface area contributed by atoms with Gasteiger partial charge < -0.3 is 20.7 Å². The number of aliphatic hydroxyl groups excluding tert-OH is 2. The van der Waals surface area contributed by atoms with E-state index in [1.54, 1.807) is 13.0 Å². The van der Waals surface area contributed by atoms with Gasteiger partial charge in [-0.1, -0.05) is 0 Å². The maximum Gasteiger partial charge on any atom is 0.280 e. The zero-order chi connectivity index (χ0) is 21.8. The zero-order valence-corrected chi connectivity index (χ0v) is 15.9. The molecular formula is C20H19F3N4O3. The molecule has 0 saturated heterocycles. The molecule has 30 heavy (non-hydrogen) atoms. The second kappa shape index (κ2) is 9.06. The number of nitrogens with zero attached hydrogens (tertiary/aromatic N) is 3. The fraction of sp³-hybridized carbons (Fsp3) is 0.250. The SMILES string of the molecule is Cc1cc(-c2c(OC[C@H](O)CO)nc(N)nc2-c2ccc(F)cc2)cc(C(F)F)n1. The summed E-state index contributed by atoms with van der Waals surface area (Å²) >= 11 is 0. The highest BCUT2D eigenvalue weighted by Crippen LogP contribution is 2.39. The highest BCUT2D eigenvalue weighted by Gasteiger charge is 2.22. The van der Waals surface area contributed by atoms with E-state index in [0.717, 1.165) is 0 Å². The molecule has 1 aromatic carbocycles. The summed E-state index contributed by atoms with van der Waals surface area (Å²) in [5.41, 5.74) is 6.84. The van der Waals surface area contributed by atoms with Crippen LogP contribution in [0.2, 0.25) is 0 Å². The maximum absolute atomic E-state index is 13.4. The normalized spacial score (nSPS) is 12.2. The summed E-state index contributed by atoms with van der Waals surface area (Å²) < 4.78 is 45.6. The van der Waals surface area contributed by atoms with Crippen molar-refractivity contribution in [2.24, 2.45) is 0 Å². The molecule has 2 aromatic heterocycles. The number of anilines is 1. The van der Waals surface area contributed by atoms with Crippen molar-refractivity contribution < 1.29 is 28.1 Å². The first-order valence-electron chi connectivity index (χ1n) is 8.90. The fourth-order valence-electron chi connectivity index (χ4n) is 2.82. The van der Waals surface area contributed by atoms with E-state index in [2.05, 4.69) is 15.0 Å². The Labute approximate surface area is 170 Å². The lowest BCUT2D eigenvalue weighted by Gasteiger charge is -2.17. The number of aliphatic hydroxyl groups is 2. The van der Waals surface area contributed by atoms with Crippen LogP contribution in [0.3, 0.4) is 0 Å². The molecule has 4 N–H and O–H groups in total. The Morgan fingerprint density at radius 1 is 1.07 bits per heavy atom. The Morgan fingerprint density at radius 2 is 1.77 bits per heavy atom. The summed E-state index contributed by atoms with van der Waals surface area (Å²) in [7, 11) is 0. The summed E-state index contributed by atoms with van der Waals surface area (Å²) in [6.45, 7) is 0.681. The summed E-state index contributed by atoms with van der Waals surface area (Å²) in [5, 5.41) is 18.7. The van der Waals surface area contributed by atoms with E-state index in [0.29, 0.717) is 11.3 Å². The lowest BCUT2D eigenvalue weighted by Crippen LogP contribution is -2.22. The van der Waals surface area contributed by atoms with Gasteiger partial charge in [0, 0.05) is 11.3 Å². The fourth-order valence-corrected chi connectivity index (χ4v) is 2.82. The van der Waals surface area contributed by atoms with Gasteiger partial charge in [0.2, 0.25) is 11.8 Å². The molecule has 0 saturated carbocycles. The monoisotopic (exact) mass is 420 g/mol. The molecular weight excluding hydrogens is 401 g/mol. The number of alkyl halides is 2. The van der Waals surface area contributed by atoms with Gasteiger partial charge in [0.05, 0.1) is 17.9 Å². The predicted molar refractivity (Wildman–Crippen MR) is 103 cm³/mol. The van der Waals surface area contributed by atoms with Crippen molar-refractivity contribution in [3.8, 4) is 28.3 Å². The van der Waals surface area contributed by atoms with E-state index >= 15 is 0 Å². The van der Waals surface area contributed by atoms with Crippen LogP contribution in [-0.2, 0) is 0 Å². The second-order valence-electron chi connectivity index (χ2n) is 6.49. The molecule has 0 amide bonds. The number of rotatable bonds is 7. The average molecular weight is 420 g/mol. The van der Waals surface area contributed by atoms with Gasteiger partial charge in [-0.25, -0.2) is 18.2 Å². The molecule has 2 heterocycles. The molecule has 1 atom stereocenters. The van der Waals surface area contributed by atoms with Crippen LogP contribution < -0.4 is 10.5 Å². The first-order chi connectivity index (χ1) is 14.3. The summed E-state index contributed by atoms with van der Waals surface area (Å²) in [4.78, 5) is 12.1. The van der Waals surface area contributed by atoms with Gasteiger partial charge in [-0.2, -0.15) is 4.98 Å². The summed E-state index contributed by atoms with van der Waals surface area (Å²) in [6, 6.07) is 8.06. The Bertz CT molecular complexity index is 1030. The summed E-state index contributed by atoms with van der Waals surface area (Å²) in [6.07, 6.45) is -4.01. The number of ether oxygens (including phenoxy) is 1. The van der Waals surface area contributed by atoms with Crippen LogP contribution in [0.25, 0.3) is 22.4 Å². The molecule has 0 radical (unpaired) electrons. The van der Waals surface area contributed by atoms with Crippen LogP contribution >= 0.6 is 0 Å².